The van der Waals surface area contributed by atoms with Crippen LogP contribution in [0.2, 0.25) is 0 Å². The molecule has 50 heavy (non-hydrogen) atoms. The summed E-state index contributed by atoms with van der Waals surface area (Å²) in [4.78, 5) is 4.77. The summed E-state index contributed by atoms with van der Waals surface area (Å²) >= 11 is 0. The summed E-state index contributed by atoms with van der Waals surface area (Å²) in [6, 6.07) is 43.3. The predicted octanol–water partition coefficient (Wildman–Crippen LogP) is 11.3. The Morgan fingerprint density at radius 2 is 1.26 bits per heavy atom. The summed E-state index contributed by atoms with van der Waals surface area (Å²) in [7, 11) is 1.50. The number of fused-ring (bicyclic) bond motifs is 2. The molecule has 252 valence electrons. The van der Waals surface area contributed by atoms with Gasteiger partial charge in [-0.25, -0.2) is 0 Å². The van der Waals surface area contributed by atoms with Gasteiger partial charge in [0.15, 0.2) is 0 Å². The van der Waals surface area contributed by atoms with Gasteiger partial charge < -0.3 is 11.5 Å². The summed E-state index contributed by atoms with van der Waals surface area (Å²) in [6.45, 7) is 4.90. The first-order valence-electron chi connectivity index (χ1n) is 17.6. The Morgan fingerprint density at radius 3 is 1.90 bits per heavy atom. The summed E-state index contributed by atoms with van der Waals surface area (Å²) in [6.07, 6.45) is 17.5. The van der Waals surface area contributed by atoms with Gasteiger partial charge in [0, 0.05) is 23.7 Å². The lowest BCUT2D eigenvalue weighted by molar-refractivity contribution is 0.986. The van der Waals surface area contributed by atoms with Crippen LogP contribution in [-0.4, -0.2) is 18.6 Å². The lowest BCUT2D eigenvalue weighted by atomic mass is 9.88. The first-order valence-corrected chi connectivity index (χ1v) is 17.6. The zero-order valence-electron chi connectivity index (χ0n) is 29.6. The average Bonchev–Trinajstić information content (AvgIpc) is 3.19. The number of aryl methyl sites for hydroxylation is 3. The van der Waals surface area contributed by atoms with Gasteiger partial charge in [0.25, 0.3) is 0 Å². The van der Waals surface area contributed by atoms with Crippen LogP contribution in [0.15, 0.2) is 157 Å². The molecule has 0 atom stereocenters. The first kappa shape index (κ1) is 35.9. The Bertz CT molecular complexity index is 2050. The molecule has 2 aliphatic rings. The van der Waals surface area contributed by atoms with Gasteiger partial charge >= 0.3 is 0 Å². The molecule has 6 aromatic rings. The number of benzene rings is 5. The van der Waals surface area contributed by atoms with E-state index in [9.17, 15) is 0 Å². The largest absolute Gasteiger partial charge is 0.333 e. The SMILES string of the molecule is CN.Cc1ccc(-c2c(-c3ccc(-c4cccc5c4C=CCC5)cc3)ccc3cccnc23)cc1.Cc1ccccc1.NCC1=CCCC=C1. The van der Waals surface area contributed by atoms with Crippen molar-refractivity contribution in [1.82, 2.24) is 4.98 Å². The maximum atomic E-state index is 5.38. The van der Waals surface area contributed by atoms with E-state index in [0.29, 0.717) is 6.54 Å². The zero-order chi connectivity index (χ0) is 35.1. The van der Waals surface area contributed by atoms with Crippen LogP contribution in [-0.2, 0) is 6.42 Å². The highest BCUT2D eigenvalue weighted by molar-refractivity contribution is 6.02. The van der Waals surface area contributed by atoms with Crippen molar-refractivity contribution < 1.29 is 0 Å². The molecule has 3 nitrogen and oxygen atoms in total. The molecule has 1 heterocycles. The summed E-state index contributed by atoms with van der Waals surface area (Å²) in [5.74, 6) is 0. The van der Waals surface area contributed by atoms with Crippen LogP contribution in [0.5, 0.6) is 0 Å². The Labute approximate surface area is 298 Å². The number of hydrogen-bond acceptors (Lipinski definition) is 3. The minimum atomic E-state index is 0.691. The molecule has 0 spiro atoms. The first-order chi connectivity index (χ1) is 24.6. The van der Waals surface area contributed by atoms with Gasteiger partial charge in [0.1, 0.15) is 0 Å². The van der Waals surface area contributed by atoms with E-state index in [1.807, 2.05) is 30.5 Å². The van der Waals surface area contributed by atoms with E-state index >= 15 is 0 Å². The Kier molecular flexibility index (Phi) is 13.2. The standard InChI is InChI=1S/C32H25N.C7H11N.C7H8.CH5N/c1-22-11-13-26(14-12-22)31-30(20-19-27-8-5-21-33-32(27)31)25-17-15-24(16-18-25)29-10-4-7-23-6-2-3-9-28(23)29;8-6-7-4-2-1-3-5-7;1-7-5-3-2-4-6-7;1-2/h3-5,7-21H,2,6H2,1H3;2,4-5H,1,3,6,8H2;2-6H,1H3;2H2,1H3. The van der Waals surface area contributed by atoms with E-state index in [2.05, 4.69) is 147 Å². The van der Waals surface area contributed by atoms with Crippen molar-refractivity contribution in [2.45, 2.75) is 39.5 Å². The van der Waals surface area contributed by atoms with Gasteiger partial charge in [-0.05, 0) is 97.2 Å². The zero-order valence-corrected chi connectivity index (χ0v) is 29.6. The fraction of sp³-hybridized carbons (Fsp3) is 0.170. The molecule has 1 aromatic heterocycles. The van der Waals surface area contributed by atoms with Crippen molar-refractivity contribution in [2.24, 2.45) is 11.5 Å². The third-order valence-electron chi connectivity index (χ3n) is 8.93. The van der Waals surface area contributed by atoms with Crippen LogP contribution in [0.25, 0.3) is 50.4 Å². The normalized spacial score (nSPS) is 12.6. The number of pyridine rings is 1. The lowest BCUT2D eigenvalue weighted by Crippen LogP contribution is -2.01. The Hall–Kier alpha value is -5.35. The highest BCUT2D eigenvalue weighted by Gasteiger charge is 2.14. The monoisotopic (exact) mass is 655 g/mol. The van der Waals surface area contributed by atoms with Crippen molar-refractivity contribution in [3.8, 4) is 33.4 Å². The molecule has 5 aromatic carbocycles. The minimum Gasteiger partial charge on any atom is -0.333 e. The predicted molar refractivity (Wildman–Crippen MR) is 217 cm³/mol. The van der Waals surface area contributed by atoms with Crippen LogP contribution in [0.4, 0.5) is 0 Å². The summed E-state index contributed by atoms with van der Waals surface area (Å²) < 4.78 is 0. The second kappa shape index (κ2) is 18.4. The molecule has 0 unspecified atom stereocenters. The van der Waals surface area contributed by atoms with E-state index in [-0.39, 0.29) is 0 Å². The summed E-state index contributed by atoms with van der Waals surface area (Å²) in [5, 5.41) is 1.16. The number of allylic oxidation sites excluding steroid dienone is 3. The van der Waals surface area contributed by atoms with Gasteiger partial charge in [-0.1, -0.05) is 157 Å². The van der Waals surface area contributed by atoms with E-state index < -0.39 is 0 Å². The Morgan fingerprint density at radius 1 is 0.580 bits per heavy atom. The smallest absolute Gasteiger partial charge is 0.0786 e. The molecule has 3 heteroatoms. The van der Waals surface area contributed by atoms with Gasteiger partial charge in [-0.2, -0.15) is 0 Å². The summed E-state index contributed by atoms with van der Waals surface area (Å²) in [5.41, 5.74) is 25.0. The van der Waals surface area contributed by atoms with E-state index in [0.717, 1.165) is 23.7 Å². The third-order valence-corrected chi connectivity index (χ3v) is 8.93. The highest BCUT2D eigenvalue weighted by Crippen LogP contribution is 2.39. The lowest BCUT2D eigenvalue weighted by Gasteiger charge is -2.16. The van der Waals surface area contributed by atoms with Gasteiger partial charge in [0.2, 0.25) is 0 Å². The van der Waals surface area contributed by atoms with Crippen LogP contribution in [0.3, 0.4) is 0 Å². The molecule has 0 saturated heterocycles. The number of nitrogens with zero attached hydrogens (tertiary/aromatic N) is 1. The van der Waals surface area contributed by atoms with Crippen molar-refractivity contribution in [3.05, 3.63) is 180 Å². The maximum Gasteiger partial charge on any atom is 0.0786 e. The number of hydrogen-bond donors (Lipinski definition) is 2. The molecule has 2 aliphatic carbocycles. The fourth-order valence-electron chi connectivity index (χ4n) is 6.30. The third kappa shape index (κ3) is 9.21. The van der Waals surface area contributed by atoms with Crippen LogP contribution < -0.4 is 11.5 Å². The molecule has 0 amide bonds. The maximum absolute atomic E-state index is 5.38. The van der Waals surface area contributed by atoms with Crippen molar-refractivity contribution in [2.75, 3.05) is 13.6 Å². The molecule has 0 saturated carbocycles. The van der Waals surface area contributed by atoms with Gasteiger partial charge in [-0.15, -0.1) is 0 Å². The van der Waals surface area contributed by atoms with E-state index in [1.165, 1.54) is 81.1 Å². The molecular weight excluding hydrogens is 607 g/mol. The number of rotatable bonds is 4. The number of nitrogens with two attached hydrogens (primary N) is 2. The molecule has 0 fully saturated rings. The molecule has 0 bridgehead atoms. The minimum absolute atomic E-state index is 0.691. The Balaban J connectivity index is 0.000000235. The van der Waals surface area contributed by atoms with Crippen LogP contribution in [0.1, 0.15) is 41.5 Å². The van der Waals surface area contributed by atoms with Crippen molar-refractivity contribution in [1.29, 1.82) is 0 Å². The van der Waals surface area contributed by atoms with E-state index in [4.69, 9.17) is 10.7 Å². The average molecular weight is 656 g/mol. The van der Waals surface area contributed by atoms with Crippen molar-refractivity contribution >= 4 is 17.0 Å². The van der Waals surface area contributed by atoms with Crippen LogP contribution in [0, 0.1) is 13.8 Å². The fourth-order valence-corrected chi connectivity index (χ4v) is 6.30. The second-order valence-corrected chi connectivity index (χ2v) is 12.4. The quantitative estimate of drug-likeness (QED) is 0.199. The van der Waals surface area contributed by atoms with E-state index in [1.54, 1.807) is 0 Å². The van der Waals surface area contributed by atoms with Crippen molar-refractivity contribution in [3.63, 3.8) is 0 Å². The number of aromatic nitrogens is 1. The van der Waals surface area contributed by atoms with Gasteiger partial charge in [-0.3, -0.25) is 4.98 Å². The highest BCUT2D eigenvalue weighted by atomic mass is 14.7. The molecule has 4 N–H and O–H groups in total. The second-order valence-electron chi connectivity index (χ2n) is 12.4. The molecular formula is C47H49N3. The van der Waals surface area contributed by atoms with Gasteiger partial charge in [0.05, 0.1) is 5.52 Å². The van der Waals surface area contributed by atoms with Crippen LogP contribution >= 0.6 is 0 Å². The molecule has 8 rings (SSSR count). The molecule has 0 radical (unpaired) electrons. The topological polar surface area (TPSA) is 64.9 Å². The molecule has 0 aliphatic heterocycles.